The quantitative estimate of drug-likeness (QED) is 0.609. The summed E-state index contributed by atoms with van der Waals surface area (Å²) in [6, 6.07) is 8.03. The smallest absolute Gasteiger partial charge is 0.334 e. The van der Waals surface area contributed by atoms with Crippen LogP contribution in [-0.4, -0.2) is 27.1 Å². The molecular weight excluding hydrogens is 407 g/mol. The van der Waals surface area contributed by atoms with Gasteiger partial charge in [0.05, 0.1) is 12.1 Å². The minimum atomic E-state index is -3.11. The minimum absolute atomic E-state index is 0.0500. The van der Waals surface area contributed by atoms with Crippen LogP contribution >= 0.6 is 23.1 Å². The number of halogens is 3. The van der Waals surface area contributed by atoms with Gasteiger partial charge in [0.15, 0.2) is 0 Å². The van der Waals surface area contributed by atoms with Gasteiger partial charge in [-0.3, -0.25) is 0 Å². The van der Waals surface area contributed by atoms with Gasteiger partial charge in [-0.15, -0.1) is 23.1 Å². The number of carboxylic acids is 1. The van der Waals surface area contributed by atoms with Crippen molar-refractivity contribution in [2.24, 2.45) is 0 Å². The van der Waals surface area contributed by atoms with E-state index in [0.29, 0.717) is 6.54 Å². The SMILES string of the molecule is O=C(O)C1=CC=CN(Cc2cccs2)C1SCCC(F)(F)c1ccc(F)cc1. The number of thioether (sulfide) groups is 1. The van der Waals surface area contributed by atoms with Gasteiger partial charge in [0.2, 0.25) is 0 Å². The van der Waals surface area contributed by atoms with Gasteiger partial charge in [0.25, 0.3) is 5.92 Å². The molecule has 3 rings (SSSR count). The van der Waals surface area contributed by atoms with Crippen LogP contribution in [0, 0.1) is 5.82 Å². The van der Waals surface area contributed by atoms with Crippen LogP contribution in [0.3, 0.4) is 0 Å². The molecule has 1 aliphatic heterocycles. The molecule has 148 valence electrons. The lowest BCUT2D eigenvalue weighted by Gasteiger charge is -2.32. The summed E-state index contributed by atoms with van der Waals surface area (Å²) in [5.74, 6) is -4.70. The largest absolute Gasteiger partial charge is 0.478 e. The Morgan fingerprint density at radius 1 is 1.25 bits per heavy atom. The number of nitrogens with zero attached hydrogens (tertiary/aromatic N) is 1. The monoisotopic (exact) mass is 425 g/mol. The predicted molar refractivity (Wildman–Crippen MR) is 106 cm³/mol. The van der Waals surface area contributed by atoms with E-state index in [9.17, 15) is 23.1 Å². The fourth-order valence-corrected chi connectivity index (χ4v) is 4.82. The van der Waals surface area contributed by atoms with Crippen LogP contribution in [-0.2, 0) is 17.3 Å². The summed E-state index contributed by atoms with van der Waals surface area (Å²) in [4.78, 5) is 14.5. The molecule has 1 aromatic carbocycles. The molecule has 0 fully saturated rings. The first-order chi connectivity index (χ1) is 13.4. The van der Waals surface area contributed by atoms with Crippen molar-refractivity contribution in [2.45, 2.75) is 24.3 Å². The summed E-state index contributed by atoms with van der Waals surface area (Å²) in [6.07, 6.45) is 4.47. The number of alkyl halides is 2. The summed E-state index contributed by atoms with van der Waals surface area (Å²) >= 11 is 2.72. The van der Waals surface area contributed by atoms with Crippen LogP contribution in [0.25, 0.3) is 0 Å². The lowest BCUT2D eigenvalue weighted by molar-refractivity contribution is -0.133. The van der Waals surface area contributed by atoms with Crippen molar-refractivity contribution in [1.29, 1.82) is 0 Å². The van der Waals surface area contributed by atoms with E-state index in [-0.39, 0.29) is 16.9 Å². The maximum Gasteiger partial charge on any atom is 0.334 e. The molecule has 1 N–H and O–H groups in total. The van der Waals surface area contributed by atoms with Crippen LogP contribution in [0.4, 0.5) is 13.2 Å². The van der Waals surface area contributed by atoms with Crippen molar-refractivity contribution in [2.75, 3.05) is 5.75 Å². The molecule has 0 saturated carbocycles. The number of hydrogen-bond acceptors (Lipinski definition) is 4. The van der Waals surface area contributed by atoms with E-state index in [1.807, 2.05) is 22.4 Å². The van der Waals surface area contributed by atoms with E-state index in [1.165, 1.54) is 6.08 Å². The number of hydrogen-bond donors (Lipinski definition) is 1. The highest BCUT2D eigenvalue weighted by molar-refractivity contribution is 8.00. The van der Waals surface area contributed by atoms with Crippen LogP contribution in [0.5, 0.6) is 0 Å². The molecule has 0 aliphatic carbocycles. The molecule has 3 nitrogen and oxygen atoms in total. The maximum absolute atomic E-state index is 14.4. The standard InChI is InChI=1S/C20H18F3NO2S2/c21-15-7-5-14(6-8-15)20(22,23)9-12-28-18-17(19(25)26)4-1-10-24(18)13-16-3-2-11-27-16/h1-8,10-11,18H,9,12-13H2,(H,25,26). The lowest BCUT2D eigenvalue weighted by atomic mass is 10.1. The Bertz CT molecular complexity index is 864. The number of aliphatic carboxylic acids is 1. The highest BCUT2D eigenvalue weighted by atomic mass is 32.2. The number of carboxylic acid groups (broad SMARTS) is 1. The van der Waals surface area contributed by atoms with Crippen LogP contribution in [0.2, 0.25) is 0 Å². The van der Waals surface area contributed by atoms with Gasteiger partial charge in [0.1, 0.15) is 11.2 Å². The van der Waals surface area contributed by atoms with Gasteiger partial charge in [0, 0.05) is 28.8 Å². The first-order valence-electron chi connectivity index (χ1n) is 8.52. The molecule has 1 atom stereocenters. The minimum Gasteiger partial charge on any atom is -0.478 e. The van der Waals surface area contributed by atoms with E-state index in [0.717, 1.165) is 40.9 Å². The highest BCUT2D eigenvalue weighted by Gasteiger charge is 2.33. The van der Waals surface area contributed by atoms with E-state index in [1.54, 1.807) is 23.6 Å². The van der Waals surface area contributed by atoms with E-state index in [2.05, 4.69) is 0 Å². The molecule has 0 spiro atoms. The van der Waals surface area contributed by atoms with Crippen molar-refractivity contribution in [3.8, 4) is 0 Å². The molecule has 1 aromatic heterocycles. The molecule has 0 saturated heterocycles. The molecule has 1 unspecified atom stereocenters. The van der Waals surface area contributed by atoms with E-state index < -0.39 is 29.5 Å². The summed E-state index contributed by atoms with van der Waals surface area (Å²) in [7, 11) is 0. The first-order valence-corrected chi connectivity index (χ1v) is 10.4. The zero-order chi connectivity index (χ0) is 20.1. The van der Waals surface area contributed by atoms with Crippen LogP contribution < -0.4 is 0 Å². The van der Waals surface area contributed by atoms with Crippen molar-refractivity contribution < 1.29 is 23.1 Å². The summed E-state index contributed by atoms with van der Waals surface area (Å²) < 4.78 is 41.8. The number of benzene rings is 1. The van der Waals surface area contributed by atoms with E-state index in [4.69, 9.17) is 0 Å². The molecule has 2 heterocycles. The van der Waals surface area contributed by atoms with Gasteiger partial charge in [-0.1, -0.05) is 18.2 Å². The second kappa shape index (κ2) is 8.87. The third-order valence-corrected chi connectivity index (χ3v) is 6.39. The summed E-state index contributed by atoms with van der Waals surface area (Å²) in [5.41, 5.74) is -0.0864. The third kappa shape index (κ3) is 4.99. The zero-order valence-electron chi connectivity index (χ0n) is 14.7. The van der Waals surface area contributed by atoms with Crippen molar-refractivity contribution >= 4 is 29.1 Å². The Labute approximate surface area is 169 Å². The number of thiophene rings is 1. The Morgan fingerprint density at radius 2 is 2.00 bits per heavy atom. The van der Waals surface area contributed by atoms with Gasteiger partial charge < -0.3 is 10.0 Å². The number of carbonyl (C=O) groups is 1. The topological polar surface area (TPSA) is 40.5 Å². The van der Waals surface area contributed by atoms with Gasteiger partial charge in [-0.2, -0.15) is 0 Å². The van der Waals surface area contributed by atoms with Crippen LogP contribution in [0.1, 0.15) is 16.9 Å². The molecule has 2 aromatic rings. The number of allylic oxidation sites excluding steroid dienone is 2. The normalized spacial score (nSPS) is 16.9. The summed E-state index contributed by atoms with van der Waals surface area (Å²) in [6.45, 7) is 0.505. The fraction of sp³-hybridized carbons (Fsp3) is 0.250. The zero-order valence-corrected chi connectivity index (χ0v) is 16.4. The molecule has 0 bridgehead atoms. The molecule has 0 amide bonds. The van der Waals surface area contributed by atoms with Gasteiger partial charge in [-0.05, 0) is 35.7 Å². The molecule has 28 heavy (non-hydrogen) atoms. The second-order valence-electron chi connectivity index (χ2n) is 6.20. The molecular formula is C20H18F3NO2S2. The average Bonchev–Trinajstić information content (AvgIpc) is 3.16. The number of rotatable bonds is 8. The molecule has 0 radical (unpaired) electrons. The Morgan fingerprint density at radius 3 is 2.64 bits per heavy atom. The van der Waals surface area contributed by atoms with E-state index >= 15 is 0 Å². The molecule has 1 aliphatic rings. The van der Waals surface area contributed by atoms with Crippen molar-refractivity contribution in [1.82, 2.24) is 4.90 Å². The lowest BCUT2D eigenvalue weighted by Crippen LogP contribution is -2.34. The third-order valence-electron chi connectivity index (χ3n) is 4.24. The average molecular weight is 425 g/mol. The molecule has 8 heteroatoms. The summed E-state index contributed by atoms with van der Waals surface area (Å²) in [5, 5.41) is 10.9. The van der Waals surface area contributed by atoms with Crippen molar-refractivity contribution in [3.05, 3.63) is 82.0 Å². The highest BCUT2D eigenvalue weighted by Crippen LogP contribution is 2.36. The van der Waals surface area contributed by atoms with Gasteiger partial charge in [-0.25, -0.2) is 18.0 Å². The fourth-order valence-electron chi connectivity index (χ4n) is 2.81. The Balaban J connectivity index is 1.67. The Kier molecular flexibility index (Phi) is 6.51. The van der Waals surface area contributed by atoms with Crippen LogP contribution in [0.15, 0.2) is 65.7 Å². The second-order valence-corrected chi connectivity index (χ2v) is 8.43. The van der Waals surface area contributed by atoms with Crippen molar-refractivity contribution in [3.63, 3.8) is 0 Å². The Hall–Kier alpha value is -2.19. The maximum atomic E-state index is 14.4. The first kappa shape index (κ1) is 20.5. The predicted octanol–water partition coefficient (Wildman–Crippen LogP) is 5.47. The van der Waals surface area contributed by atoms with Gasteiger partial charge >= 0.3 is 5.97 Å².